The van der Waals surface area contributed by atoms with E-state index in [2.05, 4.69) is 10.2 Å². The van der Waals surface area contributed by atoms with Crippen molar-refractivity contribution in [3.8, 4) is 0 Å². The molecule has 39 heavy (non-hydrogen) atoms. The highest BCUT2D eigenvalue weighted by Crippen LogP contribution is 2.39. The standard InChI is InChI=1S/C31H30N2O5S/c1-21-12-14-27(39(36,37)38)19-25(21)20-29(34)30(22-8-4-2-5-9-22)33-17-16-24-18-26(13-15-28(24)33)32-31(35)23-10-6-3-7-11-23/h2-15,18-19,29-30,34H,16-17,20H2,1H3,(H,32,35)(H,36,37,38)/t29-,30-/m0/s1. The van der Waals surface area contributed by atoms with E-state index in [1.165, 1.54) is 12.1 Å². The van der Waals surface area contributed by atoms with Gasteiger partial charge in [-0.2, -0.15) is 8.42 Å². The molecule has 4 aromatic rings. The molecule has 2 atom stereocenters. The van der Waals surface area contributed by atoms with Gasteiger partial charge in [0.25, 0.3) is 16.0 Å². The van der Waals surface area contributed by atoms with Crippen LogP contribution in [0.2, 0.25) is 0 Å². The summed E-state index contributed by atoms with van der Waals surface area (Å²) in [6.45, 7) is 2.52. The van der Waals surface area contributed by atoms with Gasteiger partial charge in [0.2, 0.25) is 0 Å². The number of hydrogen-bond acceptors (Lipinski definition) is 5. The van der Waals surface area contributed by atoms with E-state index >= 15 is 0 Å². The Morgan fingerprint density at radius 3 is 2.33 bits per heavy atom. The second-order valence-corrected chi connectivity index (χ2v) is 11.2. The van der Waals surface area contributed by atoms with Crippen molar-refractivity contribution in [3.63, 3.8) is 0 Å². The van der Waals surface area contributed by atoms with Crippen LogP contribution >= 0.6 is 0 Å². The van der Waals surface area contributed by atoms with Gasteiger partial charge >= 0.3 is 0 Å². The Morgan fingerprint density at radius 1 is 0.949 bits per heavy atom. The average molecular weight is 543 g/mol. The molecule has 200 valence electrons. The van der Waals surface area contributed by atoms with Crippen molar-refractivity contribution >= 4 is 27.4 Å². The largest absolute Gasteiger partial charge is 0.390 e. The topological polar surface area (TPSA) is 107 Å². The number of nitrogens with zero attached hydrogens (tertiary/aromatic N) is 1. The van der Waals surface area contributed by atoms with Crippen LogP contribution in [0.4, 0.5) is 11.4 Å². The third kappa shape index (κ3) is 5.88. The van der Waals surface area contributed by atoms with Gasteiger partial charge in [-0.15, -0.1) is 0 Å². The Bertz CT molecular complexity index is 1590. The van der Waals surface area contributed by atoms with E-state index in [9.17, 15) is 22.9 Å². The molecule has 3 N–H and O–H groups in total. The minimum absolute atomic E-state index is 0.175. The summed E-state index contributed by atoms with van der Waals surface area (Å²) in [4.78, 5) is 14.6. The van der Waals surface area contributed by atoms with Gasteiger partial charge in [0.1, 0.15) is 0 Å². The van der Waals surface area contributed by atoms with E-state index < -0.39 is 22.3 Å². The molecule has 0 spiro atoms. The molecule has 5 rings (SSSR count). The lowest BCUT2D eigenvalue weighted by molar-refractivity contribution is 0.102. The molecule has 0 aromatic heterocycles. The summed E-state index contributed by atoms with van der Waals surface area (Å²) in [5.74, 6) is -0.175. The maximum Gasteiger partial charge on any atom is 0.294 e. The third-order valence-corrected chi connectivity index (χ3v) is 8.04. The summed E-state index contributed by atoms with van der Waals surface area (Å²) >= 11 is 0. The summed E-state index contributed by atoms with van der Waals surface area (Å²) in [5, 5.41) is 14.6. The quantitative estimate of drug-likeness (QED) is 0.264. The minimum atomic E-state index is -4.36. The van der Waals surface area contributed by atoms with E-state index in [1.54, 1.807) is 18.2 Å². The number of rotatable bonds is 8. The third-order valence-electron chi connectivity index (χ3n) is 7.19. The Kier molecular flexibility index (Phi) is 7.52. The Morgan fingerprint density at radius 2 is 1.64 bits per heavy atom. The highest BCUT2D eigenvalue weighted by atomic mass is 32.2. The molecule has 0 radical (unpaired) electrons. The molecule has 8 heteroatoms. The molecule has 0 unspecified atom stereocenters. The number of fused-ring (bicyclic) bond motifs is 1. The minimum Gasteiger partial charge on any atom is -0.390 e. The highest BCUT2D eigenvalue weighted by molar-refractivity contribution is 7.85. The number of nitrogens with one attached hydrogen (secondary N) is 1. The van der Waals surface area contributed by atoms with Gasteiger partial charge < -0.3 is 15.3 Å². The molecular weight excluding hydrogens is 512 g/mol. The molecule has 1 heterocycles. The van der Waals surface area contributed by atoms with Crippen LogP contribution in [0.25, 0.3) is 0 Å². The van der Waals surface area contributed by atoms with Crippen molar-refractivity contribution in [1.82, 2.24) is 0 Å². The highest BCUT2D eigenvalue weighted by Gasteiger charge is 2.33. The lowest BCUT2D eigenvalue weighted by atomic mass is 9.93. The first-order valence-corrected chi connectivity index (χ1v) is 14.2. The molecule has 0 saturated carbocycles. The molecule has 0 saturated heterocycles. The summed E-state index contributed by atoms with van der Waals surface area (Å²) in [6.07, 6.45) is 0.0786. The number of anilines is 2. The number of benzene rings is 4. The molecule has 4 aromatic carbocycles. The molecule has 0 fully saturated rings. The molecule has 7 nitrogen and oxygen atoms in total. The number of carbonyl (C=O) groups excluding carboxylic acids is 1. The van der Waals surface area contributed by atoms with Crippen molar-refractivity contribution in [2.24, 2.45) is 0 Å². The second-order valence-electron chi connectivity index (χ2n) is 9.80. The second kappa shape index (κ2) is 11.0. The van der Waals surface area contributed by atoms with Gasteiger partial charge in [0.05, 0.1) is 17.0 Å². The molecule has 1 aliphatic heterocycles. The zero-order valence-corrected chi connectivity index (χ0v) is 22.3. The fourth-order valence-corrected chi connectivity index (χ4v) is 5.74. The Hall–Kier alpha value is -3.98. The van der Waals surface area contributed by atoms with Crippen molar-refractivity contribution in [2.45, 2.75) is 36.8 Å². The predicted molar refractivity (Wildman–Crippen MR) is 152 cm³/mol. The summed E-state index contributed by atoms with van der Waals surface area (Å²) in [6, 6.07) is 28.6. The van der Waals surface area contributed by atoms with Gasteiger partial charge in [-0.3, -0.25) is 9.35 Å². The first-order valence-electron chi connectivity index (χ1n) is 12.8. The summed E-state index contributed by atoms with van der Waals surface area (Å²) in [7, 11) is -4.36. The van der Waals surface area contributed by atoms with Crippen LogP contribution in [0, 0.1) is 6.92 Å². The maximum atomic E-state index is 12.6. The van der Waals surface area contributed by atoms with E-state index in [1.807, 2.05) is 73.7 Å². The number of carbonyl (C=O) groups is 1. The van der Waals surface area contributed by atoms with E-state index in [0.29, 0.717) is 23.4 Å². The smallest absolute Gasteiger partial charge is 0.294 e. The Balaban J connectivity index is 1.43. The zero-order valence-electron chi connectivity index (χ0n) is 21.5. The molecule has 1 amide bonds. The molecule has 0 aliphatic carbocycles. The van der Waals surface area contributed by atoms with E-state index in [4.69, 9.17) is 0 Å². The normalized spacial score (nSPS) is 14.5. The van der Waals surface area contributed by atoms with Crippen LogP contribution in [-0.4, -0.2) is 36.6 Å². The van der Waals surface area contributed by atoms with Gasteiger partial charge in [0, 0.05) is 29.9 Å². The molecular formula is C31H30N2O5S. The molecule has 1 aliphatic rings. The van der Waals surface area contributed by atoms with Crippen LogP contribution < -0.4 is 10.2 Å². The van der Waals surface area contributed by atoms with Gasteiger partial charge in [-0.05, 0) is 78.1 Å². The lowest BCUT2D eigenvalue weighted by Crippen LogP contribution is -2.37. The van der Waals surface area contributed by atoms with Crippen molar-refractivity contribution < 1.29 is 22.9 Å². The van der Waals surface area contributed by atoms with Crippen LogP contribution in [-0.2, 0) is 23.0 Å². The molecule has 0 bridgehead atoms. The van der Waals surface area contributed by atoms with Crippen LogP contribution in [0.1, 0.15) is 38.7 Å². The number of aliphatic hydroxyl groups is 1. The fourth-order valence-electron chi connectivity index (χ4n) is 5.21. The predicted octanol–water partition coefficient (Wildman–Crippen LogP) is 5.20. The Labute approximate surface area is 228 Å². The number of hydrogen-bond donors (Lipinski definition) is 3. The maximum absolute atomic E-state index is 12.6. The summed E-state index contributed by atoms with van der Waals surface area (Å²) in [5.41, 5.74) is 5.75. The van der Waals surface area contributed by atoms with Crippen LogP contribution in [0.15, 0.2) is 102 Å². The van der Waals surface area contributed by atoms with Crippen LogP contribution in [0.5, 0.6) is 0 Å². The zero-order chi connectivity index (χ0) is 27.6. The number of aliphatic hydroxyl groups excluding tert-OH is 1. The number of amides is 1. The SMILES string of the molecule is Cc1ccc(S(=O)(=O)O)cc1C[C@H](O)[C@H](c1ccccc1)N1CCc2cc(NC(=O)c3ccccc3)ccc21. The lowest BCUT2D eigenvalue weighted by Gasteiger charge is -2.35. The van der Waals surface area contributed by atoms with Crippen molar-refractivity contribution in [2.75, 3.05) is 16.8 Å². The number of aryl methyl sites for hydroxylation is 1. The summed E-state index contributed by atoms with van der Waals surface area (Å²) < 4.78 is 33.0. The first kappa shape index (κ1) is 26.6. The van der Waals surface area contributed by atoms with Crippen LogP contribution in [0.3, 0.4) is 0 Å². The average Bonchev–Trinajstić information content (AvgIpc) is 3.33. The van der Waals surface area contributed by atoms with Gasteiger partial charge in [-0.25, -0.2) is 0 Å². The monoisotopic (exact) mass is 542 g/mol. The van der Waals surface area contributed by atoms with Crippen molar-refractivity contribution in [3.05, 3.63) is 125 Å². The van der Waals surface area contributed by atoms with E-state index in [-0.39, 0.29) is 17.2 Å². The first-order chi connectivity index (χ1) is 18.7. The van der Waals surface area contributed by atoms with E-state index in [0.717, 1.165) is 28.8 Å². The fraction of sp³-hybridized carbons (Fsp3) is 0.194. The van der Waals surface area contributed by atoms with Gasteiger partial charge in [-0.1, -0.05) is 54.6 Å². The van der Waals surface area contributed by atoms with Crippen molar-refractivity contribution in [1.29, 1.82) is 0 Å². The van der Waals surface area contributed by atoms with Gasteiger partial charge in [0.15, 0.2) is 0 Å².